The van der Waals surface area contributed by atoms with Crippen LogP contribution in [0.1, 0.15) is 12.0 Å². The number of hydrogen-bond acceptors (Lipinski definition) is 5. The third-order valence-corrected chi connectivity index (χ3v) is 3.75. The molecule has 1 fully saturated rings. The van der Waals surface area contributed by atoms with E-state index >= 15 is 0 Å². The molecule has 0 bridgehead atoms. The Hall–Kier alpha value is -2.57. The molecule has 2 rings (SSSR count). The van der Waals surface area contributed by atoms with Crippen LogP contribution in [0.4, 0.5) is 0 Å². The van der Waals surface area contributed by atoms with Crippen LogP contribution in [0.15, 0.2) is 24.3 Å². The highest BCUT2D eigenvalue weighted by Crippen LogP contribution is 2.21. The molecule has 0 aromatic heterocycles. The second-order valence-electron chi connectivity index (χ2n) is 5.32. The Kier molecular flexibility index (Phi) is 5.56. The lowest BCUT2D eigenvalue weighted by Gasteiger charge is -2.16. The summed E-state index contributed by atoms with van der Waals surface area (Å²) in [5.41, 5.74) is 0.967. The molecule has 1 aliphatic heterocycles. The number of hydrogen-bond donors (Lipinski definition) is 1. The van der Waals surface area contributed by atoms with Gasteiger partial charge in [0.2, 0.25) is 11.8 Å². The molecule has 2 amide bonds. The molecule has 1 atom stereocenters. The highest BCUT2D eigenvalue weighted by Gasteiger charge is 2.34. The van der Waals surface area contributed by atoms with Crippen LogP contribution >= 0.6 is 0 Å². The Morgan fingerprint density at radius 1 is 1.26 bits per heavy atom. The summed E-state index contributed by atoms with van der Waals surface area (Å²) in [6, 6.07) is 7.43. The van der Waals surface area contributed by atoms with Gasteiger partial charge in [-0.05, 0) is 17.7 Å². The maximum Gasteiger partial charge on any atom is 0.325 e. The van der Waals surface area contributed by atoms with Crippen molar-refractivity contribution in [2.75, 3.05) is 27.3 Å². The first-order valence-electron chi connectivity index (χ1n) is 7.28. The molecule has 124 valence electrons. The number of ether oxygens (including phenoxy) is 2. The third-order valence-electron chi connectivity index (χ3n) is 3.75. The van der Waals surface area contributed by atoms with E-state index in [0.29, 0.717) is 13.1 Å². The van der Waals surface area contributed by atoms with Crippen molar-refractivity contribution in [2.45, 2.75) is 13.0 Å². The highest BCUT2D eigenvalue weighted by atomic mass is 16.5. The summed E-state index contributed by atoms with van der Waals surface area (Å²) in [4.78, 5) is 36.7. The molecule has 1 saturated heterocycles. The predicted molar refractivity (Wildman–Crippen MR) is 81.5 cm³/mol. The smallest absolute Gasteiger partial charge is 0.325 e. The van der Waals surface area contributed by atoms with Crippen LogP contribution in [0.2, 0.25) is 0 Å². The molecule has 7 nitrogen and oxygen atoms in total. The first kappa shape index (κ1) is 16.8. The molecule has 1 aliphatic rings. The van der Waals surface area contributed by atoms with E-state index in [1.54, 1.807) is 12.0 Å². The van der Waals surface area contributed by atoms with Crippen molar-refractivity contribution in [3.05, 3.63) is 29.8 Å². The number of rotatable bonds is 6. The summed E-state index contributed by atoms with van der Waals surface area (Å²) in [5.74, 6) is -0.579. The molecule has 1 aromatic rings. The molecule has 0 spiro atoms. The monoisotopic (exact) mass is 320 g/mol. The normalized spacial score (nSPS) is 17.0. The number of carbonyl (C=O) groups is 3. The van der Waals surface area contributed by atoms with Gasteiger partial charge in [0.1, 0.15) is 12.3 Å². The van der Waals surface area contributed by atoms with Gasteiger partial charge in [0.25, 0.3) is 0 Å². The van der Waals surface area contributed by atoms with Crippen LogP contribution in [0.3, 0.4) is 0 Å². The predicted octanol–water partition coefficient (Wildman–Crippen LogP) is 0.333. The molecule has 0 aliphatic carbocycles. The van der Waals surface area contributed by atoms with Gasteiger partial charge in [0, 0.05) is 19.5 Å². The summed E-state index contributed by atoms with van der Waals surface area (Å²) in [6.07, 6.45) is 0.156. The van der Waals surface area contributed by atoms with E-state index in [4.69, 9.17) is 4.74 Å². The van der Waals surface area contributed by atoms with Gasteiger partial charge < -0.3 is 19.7 Å². The number of amides is 2. The fourth-order valence-electron chi connectivity index (χ4n) is 2.43. The maximum atomic E-state index is 12.0. The van der Waals surface area contributed by atoms with Gasteiger partial charge in [-0.1, -0.05) is 12.1 Å². The van der Waals surface area contributed by atoms with Crippen LogP contribution < -0.4 is 10.1 Å². The Bertz CT molecular complexity index is 585. The average Bonchev–Trinajstić information content (AvgIpc) is 2.93. The molecule has 1 heterocycles. The van der Waals surface area contributed by atoms with E-state index in [-0.39, 0.29) is 24.8 Å². The van der Waals surface area contributed by atoms with Gasteiger partial charge in [-0.25, -0.2) is 0 Å². The molecule has 1 N–H and O–H groups in total. The summed E-state index contributed by atoms with van der Waals surface area (Å²) < 4.78 is 9.56. The molecule has 23 heavy (non-hydrogen) atoms. The Labute approximate surface area is 134 Å². The standard InChI is InChI=1S/C16H20N2O5/c1-22-13-5-3-11(4-6-13)9-18-10-12(7-14(18)19)16(21)17-8-15(20)23-2/h3-6,12H,7-10H2,1-2H3,(H,17,21)/t12-/m0/s1. The molecule has 0 saturated carbocycles. The van der Waals surface area contributed by atoms with Crippen LogP contribution in [0, 0.1) is 5.92 Å². The van der Waals surface area contributed by atoms with Crippen molar-refractivity contribution in [3.63, 3.8) is 0 Å². The van der Waals surface area contributed by atoms with Gasteiger partial charge in [-0.15, -0.1) is 0 Å². The Balaban J connectivity index is 1.88. The molecule has 7 heteroatoms. The first-order chi connectivity index (χ1) is 11.0. The Morgan fingerprint density at radius 3 is 2.57 bits per heavy atom. The lowest BCUT2D eigenvalue weighted by Crippen LogP contribution is -2.36. The van der Waals surface area contributed by atoms with Crippen LogP contribution in [-0.4, -0.2) is 50.0 Å². The van der Waals surface area contributed by atoms with E-state index in [2.05, 4.69) is 10.1 Å². The number of benzene rings is 1. The zero-order valence-electron chi connectivity index (χ0n) is 13.2. The fraction of sp³-hybridized carbons (Fsp3) is 0.438. The van der Waals surface area contributed by atoms with Crippen molar-refractivity contribution >= 4 is 17.8 Å². The molecule has 1 aromatic carbocycles. The SMILES string of the molecule is COC(=O)CNC(=O)[C@H]1CC(=O)N(Cc2ccc(OC)cc2)C1. The minimum atomic E-state index is -0.516. The van der Waals surface area contributed by atoms with E-state index in [1.165, 1.54) is 7.11 Å². The van der Waals surface area contributed by atoms with Crippen molar-refractivity contribution < 1.29 is 23.9 Å². The zero-order chi connectivity index (χ0) is 16.8. The highest BCUT2D eigenvalue weighted by molar-refractivity contribution is 5.90. The minimum Gasteiger partial charge on any atom is -0.497 e. The average molecular weight is 320 g/mol. The second kappa shape index (κ2) is 7.62. The summed E-state index contributed by atoms with van der Waals surface area (Å²) >= 11 is 0. The van der Waals surface area contributed by atoms with Gasteiger partial charge in [-0.3, -0.25) is 14.4 Å². The number of esters is 1. The topological polar surface area (TPSA) is 84.9 Å². The number of likely N-dealkylation sites (tertiary alicyclic amines) is 1. The minimum absolute atomic E-state index is 0.0703. The van der Waals surface area contributed by atoms with E-state index < -0.39 is 11.9 Å². The van der Waals surface area contributed by atoms with Crippen LogP contribution in [-0.2, 0) is 25.7 Å². The summed E-state index contributed by atoms with van der Waals surface area (Å²) in [6.45, 7) is 0.611. The number of nitrogens with one attached hydrogen (secondary N) is 1. The molecule has 0 unspecified atom stereocenters. The van der Waals surface area contributed by atoms with Crippen LogP contribution in [0.5, 0.6) is 5.75 Å². The molecular weight excluding hydrogens is 300 g/mol. The van der Waals surface area contributed by atoms with Crippen molar-refractivity contribution in [2.24, 2.45) is 5.92 Å². The van der Waals surface area contributed by atoms with E-state index in [9.17, 15) is 14.4 Å². The quantitative estimate of drug-likeness (QED) is 0.764. The largest absolute Gasteiger partial charge is 0.497 e. The van der Waals surface area contributed by atoms with E-state index in [0.717, 1.165) is 11.3 Å². The Morgan fingerprint density at radius 2 is 1.96 bits per heavy atom. The van der Waals surface area contributed by atoms with Gasteiger partial charge >= 0.3 is 5.97 Å². The second-order valence-corrected chi connectivity index (χ2v) is 5.32. The summed E-state index contributed by atoms with van der Waals surface area (Å²) in [5, 5.41) is 2.49. The number of methoxy groups -OCH3 is 2. The van der Waals surface area contributed by atoms with E-state index in [1.807, 2.05) is 24.3 Å². The van der Waals surface area contributed by atoms with Crippen molar-refractivity contribution in [1.82, 2.24) is 10.2 Å². The van der Waals surface area contributed by atoms with Gasteiger partial charge in [0.15, 0.2) is 0 Å². The van der Waals surface area contributed by atoms with Gasteiger partial charge in [0.05, 0.1) is 20.1 Å². The maximum absolute atomic E-state index is 12.0. The van der Waals surface area contributed by atoms with Crippen LogP contribution in [0.25, 0.3) is 0 Å². The van der Waals surface area contributed by atoms with Crippen molar-refractivity contribution in [3.8, 4) is 5.75 Å². The lowest BCUT2D eigenvalue weighted by molar-refractivity contribution is -0.141. The number of nitrogens with zero attached hydrogens (tertiary/aromatic N) is 1. The third kappa shape index (κ3) is 4.45. The van der Waals surface area contributed by atoms with Crippen molar-refractivity contribution in [1.29, 1.82) is 0 Å². The molecular formula is C16H20N2O5. The lowest BCUT2D eigenvalue weighted by atomic mass is 10.1. The zero-order valence-corrected chi connectivity index (χ0v) is 13.2. The van der Waals surface area contributed by atoms with Gasteiger partial charge in [-0.2, -0.15) is 0 Å². The fourth-order valence-corrected chi connectivity index (χ4v) is 2.43. The molecule has 0 radical (unpaired) electrons. The first-order valence-corrected chi connectivity index (χ1v) is 7.28. The summed E-state index contributed by atoms with van der Waals surface area (Å²) in [7, 11) is 2.85. The number of carbonyl (C=O) groups excluding carboxylic acids is 3.